The minimum Gasteiger partial charge on any atom is -0.508 e. The highest BCUT2D eigenvalue weighted by Crippen LogP contribution is 2.27. The maximum absolute atomic E-state index is 9.41. The van der Waals surface area contributed by atoms with Gasteiger partial charge in [-0.05, 0) is 43.0 Å². The van der Waals surface area contributed by atoms with Gasteiger partial charge in [0.05, 0.1) is 12.3 Å². The third-order valence-corrected chi connectivity index (χ3v) is 3.54. The lowest BCUT2D eigenvalue weighted by atomic mass is 10.1. The molecule has 0 heterocycles. The van der Waals surface area contributed by atoms with Gasteiger partial charge in [-0.25, -0.2) is 0 Å². The van der Waals surface area contributed by atoms with E-state index in [2.05, 4.69) is 5.32 Å². The molecule has 2 aromatic carbocycles. The molecular formula is C18H26N2O4. The van der Waals surface area contributed by atoms with E-state index >= 15 is 0 Å². The van der Waals surface area contributed by atoms with E-state index in [9.17, 15) is 10.2 Å². The molecule has 0 aliphatic rings. The first-order valence-corrected chi connectivity index (χ1v) is 7.72. The molecule has 0 radical (unpaired) electrons. The Balaban J connectivity index is 0.000000240. The van der Waals surface area contributed by atoms with Gasteiger partial charge in [0.25, 0.3) is 0 Å². The van der Waals surface area contributed by atoms with Crippen LogP contribution in [0, 0.1) is 13.8 Å². The number of benzene rings is 2. The van der Waals surface area contributed by atoms with Gasteiger partial charge in [-0.1, -0.05) is 18.2 Å². The summed E-state index contributed by atoms with van der Waals surface area (Å²) in [6.07, 6.45) is 0.486. The maximum Gasteiger partial charge on any atom is 0.141 e. The van der Waals surface area contributed by atoms with Gasteiger partial charge in [-0.2, -0.15) is 0 Å². The monoisotopic (exact) mass is 334 g/mol. The fraction of sp³-hybridized carbons (Fsp3) is 0.333. The lowest BCUT2D eigenvalue weighted by molar-refractivity contribution is 0.299. The van der Waals surface area contributed by atoms with Crippen LogP contribution in [0.5, 0.6) is 11.5 Å². The fourth-order valence-electron chi connectivity index (χ4n) is 2.02. The summed E-state index contributed by atoms with van der Waals surface area (Å²) in [5, 5.41) is 38.9. The number of nitrogens with two attached hydrogens (primary N) is 1. The lowest BCUT2D eigenvalue weighted by Crippen LogP contribution is -2.04. The second-order valence-electron chi connectivity index (χ2n) is 5.43. The molecule has 0 aromatic heterocycles. The Bertz CT molecular complexity index is 660. The number of nitrogens with one attached hydrogen (secondary N) is 1. The van der Waals surface area contributed by atoms with E-state index in [1.807, 2.05) is 25.1 Å². The second kappa shape index (κ2) is 9.64. The highest BCUT2D eigenvalue weighted by Gasteiger charge is 2.05. The highest BCUT2D eigenvalue weighted by molar-refractivity contribution is 5.61. The van der Waals surface area contributed by atoms with E-state index < -0.39 is 0 Å². The third-order valence-electron chi connectivity index (χ3n) is 3.54. The molecule has 0 saturated carbocycles. The first kappa shape index (κ1) is 19.6. The van der Waals surface area contributed by atoms with Gasteiger partial charge in [0.1, 0.15) is 11.5 Å². The number of phenols is 2. The van der Waals surface area contributed by atoms with Crippen LogP contribution < -0.4 is 11.1 Å². The van der Waals surface area contributed by atoms with Gasteiger partial charge in [-0.3, -0.25) is 0 Å². The summed E-state index contributed by atoms with van der Waals surface area (Å²) in [6.45, 7) is 4.27. The Labute approximate surface area is 142 Å². The number of hydrogen-bond donors (Lipinski definition) is 6. The van der Waals surface area contributed by atoms with Gasteiger partial charge in [0.2, 0.25) is 0 Å². The normalized spacial score (nSPS) is 10.0. The zero-order valence-corrected chi connectivity index (χ0v) is 14.1. The van der Waals surface area contributed by atoms with Crippen LogP contribution in [0.2, 0.25) is 0 Å². The zero-order chi connectivity index (χ0) is 18.1. The number of aliphatic hydroxyl groups is 2. The number of nitrogen functional groups attached to an aromatic ring is 1. The molecule has 0 amide bonds. The van der Waals surface area contributed by atoms with Crippen molar-refractivity contribution in [3.05, 3.63) is 47.0 Å². The number of aliphatic hydroxyl groups excluding tert-OH is 2. The van der Waals surface area contributed by atoms with Crippen LogP contribution in [0.4, 0.5) is 11.4 Å². The van der Waals surface area contributed by atoms with Crippen molar-refractivity contribution in [2.75, 3.05) is 30.8 Å². The summed E-state index contributed by atoms with van der Waals surface area (Å²) >= 11 is 0. The maximum atomic E-state index is 9.41. The number of phenolic OH excluding ortho intramolecular Hbond substituents is 2. The van der Waals surface area contributed by atoms with Gasteiger partial charge in [0.15, 0.2) is 0 Å². The molecular weight excluding hydrogens is 308 g/mol. The Kier molecular flexibility index (Phi) is 7.88. The molecule has 2 rings (SSSR count). The SMILES string of the molecule is Cc1ccc(CCO)c(N)c1O.Cc1ccc(NCCO)cc1O. The molecule has 7 N–H and O–H groups in total. The summed E-state index contributed by atoms with van der Waals surface area (Å²) < 4.78 is 0. The average Bonchev–Trinajstić information content (AvgIpc) is 2.57. The van der Waals surface area contributed by atoms with Crippen LogP contribution in [0.15, 0.2) is 30.3 Å². The minimum absolute atomic E-state index is 0.0483. The zero-order valence-electron chi connectivity index (χ0n) is 14.1. The van der Waals surface area contributed by atoms with E-state index in [1.54, 1.807) is 19.1 Å². The van der Waals surface area contributed by atoms with Crippen LogP contribution in [0.25, 0.3) is 0 Å². The van der Waals surface area contributed by atoms with Crippen molar-refractivity contribution in [2.45, 2.75) is 20.3 Å². The Morgan fingerprint density at radius 1 is 0.958 bits per heavy atom. The molecule has 0 spiro atoms. The predicted molar refractivity (Wildman–Crippen MR) is 96.5 cm³/mol. The lowest BCUT2D eigenvalue weighted by Gasteiger charge is -2.07. The number of hydrogen-bond acceptors (Lipinski definition) is 6. The molecule has 6 nitrogen and oxygen atoms in total. The minimum atomic E-state index is 0.0483. The van der Waals surface area contributed by atoms with Crippen molar-refractivity contribution < 1.29 is 20.4 Å². The van der Waals surface area contributed by atoms with Crippen LogP contribution in [0.1, 0.15) is 16.7 Å². The summed E-state index contributed by atoms with van der Waals surface area (Å²) in [5.41, 5.74) is 9.22. The van der Waals surface area contributed by atoms with Crippen LogP contribution >= 0.6 is 0 Å². The molecule has 0 fully saturated rings. The Morgan fingerprint density at radius 3 is 2.21 bits per heavy atom. The molecule has 132 valence electrons. The largest absolute Gasteiger partial charge is 0.508 e. The van der Waals surface area contributed by atoms with Gasteiger partial charge < -0.3 is 31.5 Å². The third kappa shape index (κ3) is 5.64. The molecule has 0 aliphatic heterocycles. The molecule has 0 aliphatic carbocycles. The molecule has 0 saturated heterocycles. The van der Waals surface area contributed by atoms with Crippen LogP contribution in [-0.4, -0.2) is 40.2 Å². The highest BCUT2D eigenvalue weighted by atomic mass is 16.3. The van der Waals surface area contributed by atoms with E-state index in [0.29, 0.717) is 18.7 Å². The standard InChI is InChI=1S/2C9H13NO2/c1-7-2-3-8(6-9(7)12)10-4-5-11;1-6-2-3-7(4-5-11)8(10)9(6)12/h2-3,6,10-12H,4-5H2,1H3;2-3,11-12H,4-5,10H2,1H3. The van der Waals surface area contributed by atoms with Crippen LogP contribution in [-0.2, 0) is 6.42 Å². The summed E-state index contributed by atoms with van der Waals surface area (Å²) in [5.74, 6) is 0.402. The Hall–Kier alpha value is -2.44. The van der Waals surface area contributed by atoms with Crippen molar-refractivity contribution in [3.8, 4) is 11.5 Å². The fourth-order valence-corrected chi connectivity index (χ4v) is 2.02. The number of aryl methyl sites for hydroxylation is 2. The summed E-state index contributed by atoms with van der Waals surface area (Å²) in [7, 11) is 0. The first-order valence-electron chi connectivity index (χ1n) is 7.72. The van der Waals surface area contributed by atoms with Crippen molar-refractivity contribution >= 4 is 11.4 Å². The van der Waals surface area contributed by atoms with Crippen molar-refractivity contribution in [1.29, 1.82) is 0 Å². The number of aromatic hydroxyl groups is 2. The Morgan fingerprint density at radius 2 is 1.62 bits per heavy atom. The molecule has 24 heavy (non-hydrogen) atoms. The number of rotatable bonds is 5. The van der Waals surface area contributed by atoms with Gasteiger partial charge in [-0.15, -0.1) is 0 Å². The topological polar surface area (TPSA) is 119 Å². The predicted octanol–water partition coefficient (Wildman–Crippen LogP) is 1.92. The molecule has 2 aromatic rings. The van der Waals surface area contributed by atoms with Crippen molar-refractivity contribution in [2.24, 2.45) is 0 Å². The molecule has 6 heteroatoms. The molecule has 0 bridgehead atoms. The van der Waals surface area contributed by atoms with Crippen molar-refractivity contribution in [1.82, 2.24) is 0 Å². The smallest absolute Gasteiger partial charge is 0.141 e. The summed E-state index contributed by atoms with van der Waals surface area (Å²) in [6, 6.07) is 8.95. The van der Waals surface area contributed by atoms with E-state index in [-0.39, 0.29) is 24.7 Å². The van der Waals surface area contributed by atoms with E-state index in [1.165, 1.54) is 0 Å². The van der Waals surface area contributed by atoms with E-state index in [4.69, 9.17) is 15.9 Å². The van der Waals surface area contributed by atoms with Crippen molar-refractivity contribution in [3.63, 3.8) is 0 Å². The van der Waals surface area contributed by atoms with Crippen LogP contribution in [0.3, 0.4) is 0 Å². The van der Waals surface area contributed by atoms with Gasteiger partial charge >= 0.3 is 0 Å². The molecule has 0 atom stereocenters. The average molecular weight is 334 g/mol. The quantitative estimate of drug-likeness (QED) is 0.367. The molecule has 0 unspecified atom stereocenters. The van der Waals surface area contributed by atoms with E-state index in [0.717, 1.165) is 22.4 Å². The second-order valence-corrected chi connectivity index (χ2v) is 5.43. The number of anilines is 2. The van der Waals surface area contributed by atoms with Gasteiger partial charge in [0, 0.05) is 24.9 Å². The summed E-state index contributed by atoms with van der Waals surface area (Å²) in [4.78, 5) is 0. The first-order chi connectivity index (χ1) is 11.4.